The number of hydrogen-bond donors (Lipinski definition) is 1. The summed E-state index contributed by atoms with van der Waals surface area (Å²) in [6, 6.07) is 9.18. The fraction of sp³-hybridized carbons (Fsp3) is 0.545. The van der Waals surface area contributed by atoms with Crippen molar-refractivity contribution in [1.29, 1.82) is 0 Å². The third-order valence-corrected chi connectivity index (χ3v) is 5.92. The Bertz CT molecular complexity index is 826. The maximum absolute atomic E-state index is 12.8. The van der Waals surface area contributed by atoms with Crippen LogP contribution in [0.1, 0.15) is 52.5 Å². The van der Waals surface area contributed by atoms with Gasteiger partial charge < -0.3 is 10.1 Å². The Hall–Kier alpha value is -2.18. The number of nitrogens with zero attached hydrogens (tertiary/aromatic N) is 3. The van der Waals surface area contributed by atoms with E-state index in [2.05, 4.69) is 46.5 Å². The van der Waals surface area contributed by atoms with Crippen LogP contribution in [0.4, 0.5) is 0 Å². The molecular weight excluding hydrogens is 352 g/mol. The molecule has 0 saturated carbocycles. The van der Waals surface area contributed by atoms with Crippen LogP contribution in [0.3, 0.4) is 0 Å². The number of rotatable bonds is 5. The fourth-order valence-electron chi connectivity index (χ4n) is 4.37. The van der Waals surface area contributed by atoms with Crippen molar-refractivity contribution in [1.82, 2.24) is 20.0 Å². The predicted molar refractivity (Wildman–Crippen MR) is 108 cm³/mol. The molecule has 0 aliphatic carbocycles. The largest absolute Gasteiger partial charge is 0.381 e. The van der Waals surface area contributed by atoms with Crippen molar-refractivity contribution >= 4 is 5.91 Å². The summed E-state index contributed by atoms with van der Waals surface area (Å²) >= 11 is 0. The van der Waals surface area contributed by atoms with Gasteiger partial charge >= 0.3 is 0 Å². The van der Waals surface area contributed by atoms with Crippen molar-refractivity contribution in [2.24, 2.45) is 0 Å². The van der Waals surface area contributed by atoms with E-state index in [0.717, 1.165) is 57.8 Å². The van der Waals surface area contributed by atoms with Gasteiger partial charge in [-0.25, -0.2) is 0 Å². The van der Waals surface area contributed by atoms with E-state index in [1.54, 1.807) is 6.20 Å². The number of benzene rings is 1. The van der Waals surface area contributed by atoms with E-state index in [1.807, 2.05) is 11.6 Å². The summed E-state index contributed by atoms with van der Waals surface area (Å²) in [5.41, 5.74) is 4.28. The third-order valence-electron chi connectivity index (χ3n) is 5.92. The number of aromatic nitrogens is 2. The Labute approximate surface area is 166 Å². The quantitative estimate of drug-likeness (QED) is 0.864. The zero-order valence-corrected chi connectivity index (χ0v) is 16.9. The molecule has 1 aromatic heterocycles. The molecule has 1 N–H and O–H groups in total. The number of carbonyl (C=O) groups is 1. The molecule has 2 saturated heterocycles. The van der Waals surface area contributed by atoms with Gasteiger partial charge in [-0.2, -0.15) is 5.10 Å². The smallest absolute Gasteiger partial charge is 0.255 e. The normalized spacial score (nSPS) is 21.1. The van der Waals surface area contributed by atoms with Gasteiger partial charge in [-0.1, -0.05) is 29.8 Å². The molecule has 0 radical (unpaired) electrons. The second-order valence-corrected chi connectivity index (χ2v) is 8.11. The number of ether oxygens (including phenoxy) is 1. The standard InChI is InChI=1S/C22H30N4O2/c1-16-4-3-5-18(12-16)14-25-9-6-19(15-25)24-22(27)21-13-23-26(17(21)2)20-7-10-28-11-8-20/h3-5,12-13,19-20H,6-11,14-15H2,1-2H3,(H,24,27). The molecule has 2 aromatic rings. The van der Waals surface area contributed by atoms with Gasteiger partial charge in [0.15, 0.2) is 0 Å². The molecule has 28 heavy (non-hydrogen) atoms. The summed E-state index contributed by atoms with van der Waals surface area (Å²) < 4.78 is 7.45. The molecule has 4 rings (SSSR count). The van der Waals surface area contributed by atoms with E-state index in [1.165, 1.54) is 11.1 Å². The molecule has 3 heterocycles. The third kappa shape index (κ3) is 4.28. The molecule has 0 bridgehead atoms. The Morgan fingerprint density at radius 3 is 2.86 bits per heavy atom. The van der Waals surface area contributed by atoms with Crippen LogP contribution in [0.2, 0.25) is 0 Å². The van der Waals surface area contributed by atoms with Crippen LogP contribution in [-0.2, 0) is 11.3 Å². The van der Waals surface area contributed by atoms with E-state index in [9.17, 15) is 4.79 Å². The van der Waals surface area contributed by atoms with Crippen molar-refractivity contribution in [3.63, 3.8) is 0 Å². The van der Waals surface area contributed by atoms with Gasteiger partial charge in [0.05, 0.1) is 17.8 Å². The lowest BCUT2D eigenvalue weighted by Gasteiger charge is -2.23. The number of amides is 1. The molecule has 6 nitrogen and oxygen atoms in total. The van der Waals surface area contributed by atoms with Crippen LogP contribution < -0.4 is 5.32 Å². The average Bonchev–Trinajstić information content (AvgIpc) is 3.29. The predicted octanol–water partition coefficient (Wildman–Crippen LogP) is 2.86. The minimum atomic E-state index is -0.00165. The van der Waals surface area contributed by atoms with Crippen molar-refractivity contribution in [3.05, 3.63) is 52.8 Å². The van der Waals surface area contributed by atoms with Gasteiger partial charge in [-0.15, -0.1) is 0 Å². The highest BCUT2D eigenvalue weighted by Crippen LogP contribution is 2.23. The number of carbonyl (C=O) groups excluding carboxylic acids is 1. The van der Waals surface area contributed by atoms with Gasteiger partial charge in [0.1, 0.15) is 0 Å². The molecule has 1 atom stereocenters. The van der Waals surface area contributed by atoms with E-state index in [4.69, 9.17) is 4.74 Å². The first-order valence-corrected chi connectivity index (χ1v) is 10.3. The lowest BCUT2D eigenvalue weighted by molar-refractivity contribution is 0.0656. The van der Waals surface area contributed by atoms with Gasteiger partial charge in [-0.05, 0) is 38.7 Å². The van der Waals surface area contributed by atoms with Crippen molar-refractivity contribution < 1.29 is 9.53 Å². The van der Waals surface area contributed by atoms with E-state index >= 15 is 0 Å². The molecule has 2 aliphatic rings. The Balaban J connectivity index is 1.33. The highest BCUT2D eigenvalue weighted by atomic mass is 16.5. The second-order valence-electron chi connectivity index (χ2n) is 8.11. The fourth-order valence-corrected chi connectivity index (χ4v) is 4.37. The molecule has 0 spiro atoms. The van der Waals surface area contributed by atoms with Crippen molar-refractivity contribution in [3.8, 4) is 0 Å². The van der Waals surface area contributed by atoms with Crippen molar-refractivity contribution in [2.75, 3.05) is 26.3 Å². The molecule has 2 fully saturated rings. The molecular formula is C22H30N4O2. The first-order valence-electron chi connectivity index (χ1n) is 10.3. The topological polar surface area (TPSA) is 59.4 Å². The number of likely N-dealkylation sites (tertiary alicyclic amines) is 1. The lowest BCUT2D eigenvalue weighted by atomic mass is 10.1. The average molecular weight is 383 g/mol. The molecule has 1 aromatic carbocycles. The van der Waals surface area contributed by atoms with Crippen LogP contribution in [0, 0.1) is 13.8 Å². The molecule has 1 amide bonds. The number of aryl methyl sites for hydroxylation is 1. The first-order chi connectivity index (χ1) is 13.6. The van der Waals surface area contributed by atoms with E-state index in [0.29, 0.717) is 11.6 Å². The number of hydrogen-bond acceptors (Lipinski definition) is 4. The van der Waals surface area contributed by atoms with Crippen LogP contribution in [-0.4, -0.2) is 52.9 Å². The Kier molecular flexibility index (Phi) is 5.78. The summed E-state index contributed by atoms with van der Waals surface area (Å²) in [4.78, 5) is 15.2. The summed E-state index contributed by atoms with van der Waals surface area (Å²) in [6.07, 6.45) is 4.63. The number of nitrogens with one attached hydrogen (secondary N) is 1. The van der Waals surface area contributed by atoms with Gasteiger partial charge in [0.25, 0.3) is 5.91 Å². The summed E-state index contributed by atoms with van der Waals surface area (Å²) in [5.74, 6) is -0.00165. The minimum absolute atomic E-state index is 0.00165. The summed E-state index contributed by atoms with van der Waals surface area (Å²) in [7, 11) is 0. The van der Waals surface area contributed by atoms with Crippen LogP contribution >= 0.6 is 0 Å². The van der Waals surface area contributed by atoms with Gasteiger partial charge in [-0.3, -0.25) is 14.4 Å². The Morgan fingerprint density at radius 2 is 2.07 bits per heavy atom. The minimum Gasteiger partial charge on any atom is -0.381 e. The lowest BCUT2D eigenvalue weighted by Crippen LogP contribution is -2.37. The summed E-state index contributed by atoms with van der Waals surface area (Å²) in [6.45, 7) is 8.50. The molecule has 2 aliphatic heterocycles. The van der Waals surface area contributed by atoms with Crippen LogP contribution in [0.5, 0.6) is 0 Å². The monoisotopic (exact) mass is 382 g/mol. The highest BCUT2D eigenvalue weighted by molar-refractivity contribution is 5.95. The molecule has 1 unspecified atom stereocenters. The first kappa shape index (κ1) is 19.2. The maximum atomic E-state index is 12.8. The highest BCUT2D eigenvalue weighted by Gasteiger charge is 2.26. The van der Waals surface area contributed by atoms with E-state index < -0.39 is 0 Å². The van der Waals surface area contributed by atoms with E-state index in [-0.39, 0.29) is 11.9 Å². The van der Waals surface area contributed by atoms with Crippen LogP contribution in [0.15, 0.2) is 30.5 Å². The molecule has 6 heteroatoms. The Morgan fingerprint density at radius 1 is 1.25 bits per heavy atom. The second kappa shape index (κ2) is 8.45. The zero-order valence-electron chi connectivity index (χ0n) is 16.9. The summed E-state index contributed by atoms with van der Waals surface area (Å²) in [5, 5.41) is 7.72. The van der Waals surface area contributed by atoms with Gasteiger partial charge in [0.2, 0.25) is 0 Å². The van der Waals surface area contributed by atoms with Crippen molar-refractivity contribution in [2.45, 2.75) is 51.7 Å². The SMILES string of the molecule is Cc1cccc(CN2CCC(NC(=O)c3cnn(C4CCOCC4)c3C)C2)c1. The van der Waals surface area contributed by atoms with Gasteiger partial charge in [0, 0.05) is 44.6 Å². The zero-order chi connectivity index (χ0) is 19.5. The maximum Gasteiger partial charge on any atom is 0.255 e. The van der Waals surface area contributed by atoms with Crippen LogP contribution in [0.25, 0.3) is 0 Å². The molecule has 150 valence electrons.